The minimum Gasteiger partial charge on any atom is -0.377 e. The van der Waals surface area contributed by atoms with E-state index in [4.69, 9.17) is 0 Å². The molecule has 1 atom stereocenters. The number of benzene rings is 1. The normalized spacial score (nSPS) is 22.8. The third-order valence-electron chi connectivity index (χ3n) is 5.12. The van der Waals surface area contributed by atoms with Gasteiger partial charge in [0.05, 0.1) is 6.04 Å². The lowest BCUT2D eigenvalue weighted by Crippen LogP contribution is -2.27. The smallest absolute Gasteiger partial charge is 0.251 e. The Morgan fingerprint density at radius 2 is 2.12 bits per heavy atom. The number of fused-ring (bicyclic) bond motifs is 1. The third kappa shape index (κ3) is 4.15. The first kappa shape index (κ1) is 17.4. The standard InChI is InChI=1S/C20H28N2OS/c1-3-18-14(2)22-17-13-16(9-10-19(17)24-18)20(23)21-12-11-15-7-5-4-6-8-15/h3,9-10,13-15,22H,4-8,11-12H2,1-2H3,(H,21,23)/b18-3+. The number of hydrogen-bond donors (Lipinski definition) is 2. The van der Waals surface area contributed by atoms with Crippen LogP contribution in [-0.4, -0.2) is 18.5 Å². The van der Waals surface area contributed by atoms with Crippen molar-refractivity contribution < 1.29 is 4.79 Å². The Hall–Kier alpha value is -1.42. The second kappa shape index (κ2) is 8.11. The number of nitrogens with one attached hydrogen (secondary N) is 2. The number of allylic oxidation sites excluding steroid dienone is 1. The van der Waals surface area contributed by atoms with Crippen molar-refractivity contribution in [3.8, 4) is 0 Å². The van der Waals surface area contributed by atoms with Crippen LogP contribution in [0, 0.1) is 5.92 Å². The van der Waals surface area contributed by atoms with Crippen molar-refractivity contribution in [3.63, 3.8) is 0 Å². The summed E-state index contributed by atoms with van der Waals surface area (Å²) in [6, 6.07) is 6.28. The van der Waals surface area contributed by atoms with Crippen LogP contribution in [0.2, 0.25) is 0 Å². The number of carbonyl (C=O) groups is 1. The molecule has 0 saturated heterocycles. The van der Waals surface area contributed by atoms with Gasteiger partial charge in [0, 0.05) is 27.6 Å². The first-order valence-corrected chi connectivity index (χ1v) is 10.0. The zero-order valence-electron chi connectivity index (χ0n) is 14.7. The third-order valence-corrected chi connectivity index (χ3v) is 6.52. The van der Waals surface area contributed by atoms with Crippen molar-refractivity contribution in [3.05, 3.63) is 34.7 Å². The van der Waals surface area contributed by atoms with Crippen molar-refractivity contribution in [1.82, 2.24) is 5.32 Å². The molecule has 0 radical (unpaired) electrons. The molecule has 3 rings (SSSR count). The molecule has 2 aliphatic rings. The molecule has 1 aromatic rings. The van der Waals surface area contributed by atoms with Crippen LogP contribution in [0.4, 0.5) is 5.69 Å². The summed E-state index contributed by atoms with van der Waals surface area (Å²) in [5, 5.41) is 6.59. The molecule has 2 N–H and O–H groups in total. The fourth-order valence-electron chi connectivity index (χ4n) is 3.67. The minimum atomic E-state index is 0.0462. The van der Waals surface area contributed by atoms with Crippen LogP contribution in [-0.2, 0) is 0 Å². The topological polar surface area (TPSA) is 41.1 Å². The second-order valence-electron chi connectivity index (χ2n) is 6.92. The average Bonchev–Trinajstić information content (AvgIpc) is 2.61. The van der Waals surface area contributed by atoms with Crippen LogP contribution in [0.1, 0.15) is 62.7 Å². The maximum atomic E-state index is 12.4. The summed E-state index contributed by atoms with van der Waals surface area (Å²) in [7, 11) is 0. The van der Waals surface area contributed by atoms with Crippen LogP contribution in [0.5, 0.6) is 0 Å². The predicted octanol–water partition coefficient (Wildman–Crippen LogP) is 5.20. The van der Waals surface area contributed by atoms with Gasteiger partial charge in [-0.3, -0.25) is 4.79 Å². The molecule has 1 saturated carbocycles. The largest absolute Gasteiger partial charge is 0.377 e. The van der Waals surface area contributed by atoms with Gasteiger partial charge in [-0.2, -0.15) is 0 Å². The van der Waals surface area contributed by atoms with Gasteiger partial charge < -0.3 is 10.6 Å². The molecule has 1 aliphatic heterocycles. The van der Waals surface area contributed by atoms with Crippen LogP contribution >= 0.6 is 11.8 Å². The van der Waals surface area contributed by atoms with Gasteiger partial charge in [-0.1, -0.05) is 49.9 Å². The van der Waals surface area contributed by atoms with Crippen LogP contribution in [0.3, 0.4) is 0 Å². The quantitative estimate of drug-likeness (QED) is 0.789. The van der Waals surface area contributed by atoms with Gasteiger partial charge in [-0.15, -0.1) is 0 Å². The molecule has 1 unspecified atom stereocenters. The summed E-state index contributed by atoms with van der Waals surface area (Å²) in [5.74, 6) is 0.852. The molecule has 1 aliphatic carbocycles. The number of carbonyl (C=O) groups excluding carboxylic acids is 1. The fourth-order valence-corrected chi connectivity index (χ4v) is 4.64. The molecule has 130 valence electrons. The second-order valence-corrected chi connectivity index (χ2v) is 8.03. The minimum absolute atomic E-state index is 0.0462. The van der Waals surface area contributed by atoms with Crippen LogP contribution < -0.4 is 10.6 Å². The molecule has 4 heteroatoms. The van der Waals surface area contributed by atoms with E-state index in [1.165, 1.54) is 41.9 Å². The molecule has 1 amide bonds. The molecule has 1 aromatic carbocycles. The van der Waals surface area contributed by atoms with E-state index in [1.54, 1.807) is 11.8 Å². The maximum absolute atomic E-state index is 12.4. The van der Waals surface area contributed by atoms with Crippen molar-refractivity contribution in [2.24, 2.45) is 5.92 Å². The van der Waals surface area contributed by atoms with E-state index in [-0.39, 0.29) is 5.91 Å². The number of rotatable bonds is 4. The van der Waals surface area contributed by atoms with E-state index in [0.29, 0.717) is 6.04 Å². The highest BCUT2D eigenvalue weighted by molar-refractivity contribution is 8.03. The lowest BCUT2D eigenvalue weighted by molar-refractivity contribution is 0.0950. The summed E-state index contributed by atoms with van der Waals surface area (Å²) in [4.78, 5) is 14.9. The van der Waals surface area contributed by atoms with Gasteiger partial charge in [0.15, 0.2) is 0 Å². The molecule has 24 heavy (non-hydrogen) atoms. The summed E-state index contributed by atoms with van der Waals surface area (Å²) >= 11 is 1.79. The molecule has 0 aromatic heterocycles. The first-order valence-electron chi connectivity index (χ1n) is 9.20. The zero-order valence-corrected chi connectivity index (χ0v) is 15.5. The Bertz CT molecular complexity index is 620. The van der Waals surface area contributed by atoms with Gasteiger partial charge in [0.25, 0.3) is 5.91 Å². The molecule has 1 heterocycles. The Morgan fingerprint density at radius 3 is 2.88 bits per heavy atom. The maximum Gasteiger partial charge on any atom is 0.251 e. The van der Waals surface area contributed by atoms with Gasteiger partial charge in [-0.25, -0.2) is 0 Å². The average molecular weight is 345 g/mol. The molecule has 0 spiro atoms. The monoisotopic (exact) mass is 344 g/mol. The number of amides is 1. The van der Waals surface area contributed by atoms with E-state index in [9.17, 15) is 4.79 Å². The van der Waals surface area contributed by atoms with Crippen molar-refractivity contribution in [1.29, 1.82) is 0 Å². The summed E-state index contributed by atoms with van der Waals surface area (Å²) in [6.07, 6.45) is 10.0. The first-order chi connectivity index (χ1) is 11.7. The van der Waals surface area contributed by atoms with Gasteiger partial charge in [0.1, 0.15) is 0 Å². The van der Waals surface area contributed by atoms with Crippen molar-refractivity contribution >= 4 is 23.4 Å². The van der Waals surface area contributed by atoms with E-state index < -0.39 is 0 Å². The Balaban J connectivity index is 1.57. The SMILES string of the molecule is C/C=C1/Sc2ccc(C(=O)NCCC3CCCCC3)cc2NC1C. The van der Waals surface area contributed by atoms with Crippen molar-refractivity contribution in [2.75, 3.05) is 11.9 Å². The van der Waals surface area contributed by atoms with E-state index in [1.807, 2.05) is 12.1 Å². The number of hydrogen-bond acceptors (Lipinski definition) is 3. The van der Waals surface area contributed by atoms with Gasteiger partial charge in [0.2, 0.25) is 0 Å². The van der Waals surface area contributed by atoms with Gasteiger partial charge >= 0.3 is 0 Å². The highest BCUT2D eigenvalue weighted by atomic mass is 32.2. The Kier molecular flexibility index (Phi) is 5.88. The van der Waals surface area contributed by atoms with Crippen LogP contribution in [0.15, 0.2) is 34.1 Å². The molecular formula is C20H28N2OS. The lowest BCUT2D eigenvalue weighted by Gasteiger charge is -2.26. The summed E-state index contributed by atoms with van der Waals surface area (Å²) < 4.78 is 0. The molecular weight excluding hydrogens is 316 g/mol. The molecule has 0 bridgehead atoms. The highest BCUT2D eigenvalue weighted by Gasteiger charge is 2.20. The van der Waals surface area contributed by atoms with E-state index in [0.717, 1.165) is 30.1 Å². The lowest BCUT2D eigenvalue weighted by atomic mass is 9.87. The highest BCUT2D eigenvalue weighted by Crippen LogP contribution is 2.40. The van der Waals surface area contributed by atoms with Crippen molar-refractivity contribution in [2.45, 2.75) is 63.3 Å². The van der Waals surface area contributed by atoms with E-state index in [2.05, 4.69) is 36.6 Å². The van der Waals surface area contributed by atoms with E-state index >= 15 is 0 Å². The summed E-state index contributed by atoms with van der Waals surface area (Å²) in [5.41, 5.74) is 1.82. The Morgan fingerprint density at radius 1 is 1.33 bits per heavy atom. The summed E-state index contributed by atoms with van der Waals surface area (Å²) in [6.45, 7) is 5.02. The van der Waals surface area contributed by atoms with Gasteiger partial charge in [-0.05, 0) is 44.4 Å². The zero-order chi connectivity index (χ0) is 16.9. The molecule has 3 nitrogen and oxygen atoms in total. The molecule has 1 fully saturated rings. The predicted molar refractivity (Wildman–Crippen MR) is 103 cm³/mol. The Labute approximate surface area is 149 Å². The van der Waals surface area contributed by atoms with Crippen LogP contribution in [0.25, 0.3) is 0 Å². The fraction of sp³-hybridized carbons (Fsp3) is 0.550. The number of thioether (sulfide) groups is 1. The number of anilines is 1.